The zero-order valence-corrected chi connectivity index (χ0v) is 18.7. The van der Waals surface area contributed by atoms with E-state index in [4.69, 9.17) is 20.5 Å². The minimum absolute atomic E-state index is 0.214. The van der Waals surface area contributed by atoms with Gasteiger partial charge in [-0.3, -0.25) is 14.4 Å². The normalized spacial score (nSPS) is 11.9. The number of hydrogen-bond acceptors (Lipinski definition) is 7. The summed E-state index contributed by atoms with van der Waals surface area (Å²) in [5.74, 6) is -5.56. The van der Waals surface area contributed by atoms with Crippen molar-refractivity contribution < 1.29 is 37.5 Å². The minimum atomic E-state index is -1.51. The lowest BCUT2D eigenvalue weighted by Gasteiger charge is -2.15. The first-order chi connectivity index (χ1) is 15.1. The molecule has 0 bridgehead atoms. The third-order valence-electron chi connectivity index (χ3n) is 3.84. The molecule has 32 heavy (non-hydrogen) atoms. The molecular formula is C19H18F3IN4O5. The maximum Gasteiger partial charge on any atom is 0.277 e. The molecule has 0 heterocycles. The maximum absolute atomic E-state index is 14.9. The number of amides is 2. The Morgan fingerprint density at radius 3 is 2.62 bits per heavy atom. The summed E-state index contributed by atoms with van der Waals surface area (Å²) in [7, 11) is 0. The molecule has 0 saturated carbocycles. The van der Waals surface area contributed by atoms with Crippen molar-refractivity contribution in [1.29, 1.82) is 0 Å². The van der Waals surface area contributed by atoms with Gasteiger partial charge in [-0.05, 0) is 53.8 Å². The largest absolute Gasteiger partial charge is 0.394 e. The van der Waals surface area contributed by atoms with Crippen LogP contribution in [-0.4, -0.2) is 42.5 Å². The average Bonchev–Trinajstić information content (AvgIpc) is 2.74. The molecule has 1 unspecified atom stereocenters. The van der Waals surface area contributed by atoms with Crippen molar-refractivity contribution >= 4 is 52.0 Å². The summed E-state index contributed by atoms with van der Waals surface area (Å²) in [6.45, 7) is 0.609. The second kappa shape index (κ2) is 11.6. The molecule has 2 amide bonds. The summed E-state index contributed by atoms with van der Waals surface area (Å²) >= 11 is 1.87. The number of hydroxylamine groups is 1. The molecule has 0 radical (unpaired) electrons. The van der Waals surface area contributed by atoms with Crippen LogP contribution < -0.4 is 16.5 Å². The van der Waals surface area contributed by atoms with E-state index in [1.54, 1.807) is 0 Å². The Morgan fingerprint density at radius 1 is 1.28 bits per heavy atom. The standard InChI is InChI=1S/C19H18F3IN4O5/c1-9(18(24)29)32-25-8-10-6-12(19(30)27-31-5-4-28)17(16(22)15(10)21)26-14-3-2-11(23)7-13(14)20/h2-3,6-9,26,28H,4-5H2,1H3,(H2,24,29)(H,27,30)/b25-8+. The molecule has 0 aliphatic heterocycles. The third-order valence-corrected chi connectivity index (χ3v) is 4.51. The van der Waals surface area contributed by atoms with E-state index in [1.165, 1.54) is 19.1 Å². The number of oxime groups is 1. The summed E-state index contributed by atoms with van der Waals surface area (Å²) in [6, 6.07) is 4.86. The Kier molecular flexibility index (Phi) is 9.22. The number of primary amides is 1. The molecule has 2 rings (SSSR count). The quantitative estimate of drug-likeness (QED) is 0.151. The van der Waals surface area contributed by atoms with Gasteiger partial charge in [-0.25, -0.2) is 18.7 Å². The van der Waals surface area contributed by atoms with Crippen molar-refractivity contribution in [3.63, 3.8) is 0 Å². The van der Waals surface area contributed by atoms with Gasteiger partial charge in [-0.2, -0.15) is 0 Å². The monoisotopic (exact) mass is 566 g/mol. The first kappa shape index (κ1) is 25.4. The maximum atomic E-state index is 14.9. The summed E-state index contributed by atoms with van der Waals surface area (Å²) in [5, 5.41) is 14.5. The molecule has 9 nitrogen and oxygen atoms in total. The van der Waals surface area contributed by atoms with E-state index in [0.29, 0.717) is 3.57 Å². The van der Waals surface area contributed by atoms with Crippen molar-refractivity contribution in [3.8, 4) is 0 Å². The van der Waals surface area contributed by atoms with Crippen LogP contribution in [0.2, 0.25) is 0 Å². The molecule has 2 aromatic rings. The van der Waals surface area contributed by atoms with Gasteiger partial charge in [-0.1, -0.05) is 5.16 Å². The molecule has 0 fully saturated rings. The number of nitrogens with zero attached hydrogens (tertiary/aromatic N) is 1. The fourth-order valence-electron chi connectivity index (χ4n) is 2.21. The van der Waals surface area contributed by atoms with Crippen molar-refractivity contribution in [2.45, 2.75) is 13.0 Å². The smallest absolute Gasteiger partial charge is 0.277 e. The minimum Gasteiger partial charge on any atom is -0.394 e. The number of benzene rings is 2. The molecule has 13 heteroatoms. The Hall–Kier alpha value is -2.91. The SMILES string of the molecule is CC(O/N=C/c1cc(C(=O)NOCCO)c(Nc2ccc(I)cc2F)c(F)c1F)C(N)=O. The molecule has 2 aromatic carbocycles. The summed E-state index contributed by atoms with van der Waals surface area (Å²) in [5.41, 5.74) is 5.10. The molecule has 172 valence electrons. The van der Waals surface area contributed by atoms with Gasteiger partial charge in [0.1, 0.15) is 5.82 Å². The van der Waals surface area contributed by atoms with Crippen molar-refractivity contribution in [2.24, 2.45) is 10.9 Å². The van der Waals surface area contributed by atoms with Crippen molar-refractivity contribution in [2.75, 3.05) is 18.5 Å². The lowest BCUT2D eigenvalue weighted by Crippen LogP contribution is -2.27. The number of hydrogen-bond donors (Lipinski definition) is 4. The number of carbonyl (C=O) groups excluding carboxylic acids is 2. The van der Waals surface area contributed by atoms with Crippen LogP contribution in [-0.2, 0) is 14.5 Å². The predicted octanol–water partition coefficient (Wildman–Crippen LogP) is 2.33. The molecule has 1 atom stereocenters. The zero-order valence-electron chi connectivity index (χ0n) is 16.5. The number of aliphatic hydroxyl groups excluding tert-OH is 1. The van der Waals surface area contributed by atoms with Crippen LogP contribution in [0.1, 0.15) is 22.8 Å². The molecular weight excluding hydrogens is 548 g/mol. The van der Waals surface area contributed by atoms with Crippen LogP contribution in [0.15, 0.2) is 29.4 Å². The van der Waals surface area contributed by atoms with E-state index in [1.807, 2.05) is 28.1 Å². The average molecular weight is 566 g/mol. The van der Waals surface area contributed by atoms with Gasteiger partial charge < -0.3 is 21.0 Å². The van der Waals surface area contributed by atoms with E-state index in [2.05, 4.69) is 10.5 Å². The molecule has 0 aliphatic rings. The fraction of sp³-hybridized carbons (Fsp3) is 0.211. The van der Waals surface area contributed by atoms with Crippen LogP contribution in [0.5, 0.6) is 0 Å². The number of nitrogens with one attached hydrogen (secondary N) is 2. The summed E-state index contributed by atoms with van der Waals surface area (Å²) in [4.78, 5) is 32.9. The molecule has 0 aromatic heterocycles. The van der Waals surface area contributed by atoms with E-state index >= 15 is 0 Å². The van der Waals surface area contributed by atoms with Gasteiger partial charge in [0.2, 0.25) is 6.10 Å². The molecule has 5 N–H and O–H groups in total. The fourth-order valence-corrected chi connectivity index (χ4v) is 2.67. The van der Waals surface area contributed by atoms with Gasteiger partial charge in [0.05, 0.1) is 36.4 Å². The van der Waals surface area contributed by atoms with Gasteiger partial charge in [0.25, 0.3) is 11.8 Å². The van der Waals surface area contributed by atoms with E-state index in [0.717, 1.165) is 18.3 Å². The third kappa shape index (κ3) is 6.54. The molecule has 0 spiro atoms. The zero-order chi connectivity index (χ0) is 23.8. The van der Waals surface area contributed by atoms with Crippen LogP contribution >= 0.6 is 22.6 Å². The lowest BCUT2D eigenvalue weighted by atomic mass is 10.1. The van der Waals surface area contributed by atoms with Gasteiger partial charge >= 0.3 is 0 Å². The second-order valence-electron chi connectivity index (χ2n) is 6.15. The number of rotatable bonds is 10. The van der Waals surface area contributed by atoms with Crippen LogP contribution in [0.4, 0.5) is 24.5 Å². The highest BCUT2D eigenvalue weighted by Crippen LogP contribution is 2.30. The van der Waals surface area contributed by atoms with Crippen molar-refractivity contribution in [1.82, 2.24) is 5.48 Å². The Balaban J connectivity index is 2.48. The Labute approximate surface area is 193 Å². The number of carbonyl (C=O) groups is 2. The van der Waals surface area contributed by atoms with Crippen LogP contribution in [0.25, 0.3) is 0 Å². The van der Waals surface area contributed by atoms with Gasteiger partial charge in [0, 0.05) is 9.13 Å². The second-order valence-corrected chi connectivity index (χ2v) is 7.40. The number of halogens is 4. The van der Waals surface area contributed by atoms with E-state index < -0.39 is 58.8 Å². The molecule has 0 saturated heterocycles. The number of nitrogens with two attached hydrogens (primary N) is 1. The van der Waals surface area contributed by atoms with Crippen LogP contribution in [0, 0.1) is 21.0 Å². The highest BCUT2D eigenvalue weighted by Gasteiger charge is 2.23. The molecule has 0 aliphatic carbocycles. The number of aliphatic hydroxyl groups is 1. The first-order valence-corrected chi connectivity index (χ1v) is 9.99. The number of anilines is 2. The predicted molar refractivity (Wildman–Crippen MR) is 117 cm³/mol. The highest BCUT2D eigenvalue weighted by atomic mass is 127. The summed E-state index contributed by atoms with van der Waals surface area (Å²) < 4.78 is 44.3. The lowest BCUT2D eigenvalue weighted by molar-refractivity contribution is -0.128. The van der Waals surface area contributed by atoms with Gasteiger partial charge in [-0.15, -0.1) is 0 Å². The van der Waals surface area contributed by atoms with Crippen molar-refractivity contribution in [3.05, 3.63) is 56.4 Å². The van der Waals surface area contributed by atoms with Crippen LogP contribution in [0.3, 0.4) is 0 Å². The Morgan fingerprint density at radius 2 is 2.00 bits per heavy atom. The topological polar surface area (TPSA) is 135 Å². The summed E-state index contributed by atoms with van der Waals surface area (Å²) in [6.07, 6.45) is -0.406. The first-order valence-electron chi connectivity index (χ1n) is 8.91. The van der Waals surface area contributed by atoms with E-state index in [9.17, 15) is 22.8 Å². The Bertz CT molecular complexity index is 1040. The van der Waals surface area contributed by atoms with E-state index in [-0.39, 0.29) is 12.3 Å². The van der Waals surface area contributed by atoms with Gasteiger partial charge in [0.15, 0.2) is 11.6 Å². The highest BCUT2D eigenvalue weighted by molar-refractivity contribution is 14.1.